The van der Waals surface area contributed by atoms with E-state index in [2.05, 4.69) is 30.3 Å². The number of piperidine rings is 2. The molecule has 9 rings (SSSR count). The lowest BCUT2D eigenvalue weighted by Gasteiger charge is -2.42. The topological polar surface area (TPSA) is 194 Å². The number of nitrogens with one attached hydrogen (secondary N) is 2. The lowest BCUT2D eigenvalue weighted by Crippen LogP contribution is -2.56. The van der Waals surface area contributed by atoms with E-state index in [-0.39, 0.29) is 30.5 Å². The zero-order valence-electron chi connectivity index (χ0n) is 36.5. The Kier molecular flexibility index (Phi) is 12.9. The first-order valence-electron chi connectivity index (χ1n) is 22.8. The molecule has 17 heteroatoms. The normalized spacial score (nSPS) is 22.8. The molecule has 17 nitrogen and oxygen atoms in total. The highest BCUT2D eigenvalue weighted by Crippen LogP contribution is 2.32. The molecule has 0 aromatic heterocycles. The summed E-state index contributed by atoms with van der Waals surface area (Å²) < 4.78 is 5.91. The van der Waals surface area contributed by atoms with Crippen molar-refractivity contribution in [1.82, 2.24) is 35.1 Å². The molecule has 0 aliphatic carbocycles. The van der Waals surface area contributed by atoms with Crippen LogP contribution in [0.1, 0.15) is 58.4 Å². The number of benzene rings is 3. The Balaban J connectivity index is 0.688. The van der Waals surface area contributed by atoms with Gasteiger partial charge in [-0.1, -0.05) is 18.2 Å². The molecule has 0 radical (unpaired) electrons. The van der Waals surface area contributed by atoms with Gasteiger partial charge in [-0.3, -0.25) is 49.0 Å². The Labute approximate surface area is 378 Å². The molecule has 3 aromatic rings. The summed E-state index contributed by atoms with van der Waals surface area (Å²) in [4.78, 5) is 93.3. The largest absolute Gasteiger partial charge is 0.457 e. The van der Waals surface area contributed by atoms with Gasteiger partial charge < -0.3 is 30.5 Å². The standard InChI is InChI=1S/C48H56N10O7/c49-43(33-6-9-36(10-7-33)65-35-4-2-1-3-5-35)39(31-59)44-50-17-14-40(51-44)32-15-18-56(19-16-32)48(64)57-28-24-54(25-29-57)21-20-53-22-26-55(27-23-53)34-8-11-37-38(30-34)47(63)58(46(37)62)41-12-13-42(60)52-45(41)61/h1-11,30-32,40-41H,12-29,49H2,(H,50,51)(H,52,60,61)/b43-39-. The lowest BCUT2D eigenvalue weighted by molar-refractivity contribution is -0.136. The van der Waals surface area contributed by atoms with Gasteiger partial charge in [-0.15, -0.1) is 0 Å². The zero-order valence-corrected chi connectivity index (χ0v) is 36.5. The monoisotopic (exact) mass is 884 g/mol. The Hall–Kier alpha value is -6.59. The number of carbonyl (C=O) groups excluding carboxylic acids is 6. The number of ether oxygens (including phenoxy) is 1. The number of carbonyl (C=O) groups is 6. The van der Waals surface area contributed by atoms with Crippen LogP contribution in [0.4, 0.5) is 10.5 Å². The molecule has 6 aliphatic heterocycles. The Morgan fingerprint density at radius 1 is 0.738 bits per heavy atom. The summed E-state index contributed by atoms with van der Waals surface area (Å²) in [6.07, 6.45) is 3.58. The molecule has 0 saturated carbocycles. The summed E-state index contributed by atoms with van der Waals surface area (Å²) in [5, 5.41) is 5.78. The van der Waals surface area contributed by atoms with E-state index in [4.69, 9.17) is 10.5 Å². The number of para-hydroxylation sites is 1. The number of hydrogen-bond acceptors (Lipinski definition) is 13. The number of aldehydes is 1. The number of amidine groups is 1. The van der Waals surface area contributed by atoms with E-state index in [0.29, 0.717) is 72.6 Å². The van der Waals surface area contributed by atoms with Crippen LogP contribution in [0.5, 0.6) is 11.5 Å². The van der Waals surface area contributed by atoms with Crippen molar-refractivity contribution >= 4 is 53.2 Å². The number of anilines is 1. The van der Waals surface area contributed by atoms with Gasteiger partial charge in [0.2, 0.25) is 11.8 Å². The van der Waals surface area contributed by atoms with Crippen molar-refractivity contribution in [1.29, 1.82) is 0 Å². The van der Waals surface area contributed by atoms with E-state index in [1.54, 1.807) is 12.1 Å². The number of rotatable bonds is 11. The number of nitrogens with zero attached hydrogens (tertiary/aromatic N) is 7. The van der Waals surface area contributed by atoms with E-state index >= 15 is 0 Å². The van der Waals surface area contributed by atoms with Crippen LogP contribution in [-0.2, 0) is 14.4 Å². The van der Waals surface area contributed by atoms with Gasteiger partial charge in [0.25, 0.3) is 11.8 Å². The molecule has 340 valence electrons. The van der Waals surface area contributed by atoms with Crippen LogP contribution in [-0.4, -0.2) is 163 Å². The second-order valence-electron chi connectivity index (χ2n) is 17.6. The summed E-state index contributed by atoms with van der Waals surface area (Å²) in [5.74, 6) is 0.259. The predicted molar refractivity (Wildman–Crippen MR) is 243 cm³/mol. The molecule has 4 saturated heterocycles. The Morgan fingerprint density at radius 3 is 2.06 bits per heavy atom. The van der Waals surface area contributed by atoms with Crippen LogP contribution >= 0.6 is 0 Å². The van der Waals surface area contributed by atoms with Gasteiger partial charge in [0.15, 0.2) is 6.29 Å². The highest BCUT2D eigenvalue weighted by Gasteiger charge is 2.45. The van der Waals surface area contributed by atoms with E-state index in [1.807, 2.05) is 70.5 Å². The fraction of sp³-hybridized carbons (Fsp3) is 0.438. The predicted octanol–water partition coefficient (Wildman–Crippen LogP) is 2.78. The van der Waals surface area contributed by atoms with Crippen molar-refractivity contribution < 1.29 is 33.5 Å². The summed E-state index contributed by atoms with van der Waals surface area (Å²) >= 11 is 0. The Bertz CT molecular complexity index is 2370. The third-order valence-corrected chi connectivity index (χ3v) is 13.8. The fourth-order valence-corrected chi connectivity index (χ4v) is 9.88. The zero-order chi connectivity index (χ0) is 45.0. The number of fused-ring (bicyclic) bond motifs is 1. The molecule has 4 fully saturated rings. The van der Waals surface area contributed by atoms with Crippen LogP contribution in [0.2, 0.25) is 0 Å². The number of imide groups is 2. The van der Waals surface area contributed by atoms with Gasteiger partial charge in [0.1, 0.15) is 23.4 Å². The van der Waals surface area contributed by atoms with Gasteiger partial charge >= 0.3 is 6.03 Å². The van der Waals surface area contributed by atoms with Crippen molar-refractivity contribution in [2.45, 2.75) is 44.2 Å². The number of hydrogen-bond donors (Lipinski definition) is 3. The first kappa shape index (κ1) is 43.7. The molecular weight excluding hydrogens is 829 g/mol. The number of amides is 6. The van der Waals surface area contributed by atoms with Crippen LogP contribution < -0.4 is 26.0 Å². The van der Waals surface area contributed by atoms with Crippen molar-refractivity contribution in [3.8, 4) is 11.5 Å². The first-order valence-corrected chi connectivity index (χ1v) is 22.8. The third kappa shape index (κ3) is 9.47. The quantitative estimate of drug-likeness (QED) is 0.145. The molecule has 6 amide bonds. The maximum atomic E-state index is 13.7. The molecule has 65 heavy (non-hydrogen) atoms. The molecule has 0 spiro atoms. The molecular formula is C48H56N10O7. The molecule has 2 unspecified atom stereocenters. The van der Waals surface area contributed by atoms with Gasteiger partial charge in [0, 0.05) is 103 Å². The molecule has 4 N–H and O–H groups in total. The smallest absolute Gasteiger partial charge is 0.320 e. The molecule has 0 bridgehead atoms. The molecule has 6 heterocycles. The maximum absolute atomic E-state index is 13.7. The number of aliphatic imine (C=N–C) groups is 1. The van der Waals surface area contributed by atoms with E-state index in [1.165, 1.54) is 0 Å². The number of urea groups is 1. The Morgan fingerprint density at radius 2 is 1.38 bits per heavy atom. The molecule has 6 aliphatic rings. The van der Waals surface area contributed by atoms with E-state index < -0.39 is 29.7 Å². The highest BCUT2D eigenvalue weighted by molar-refractivity contribution is 6.24. The van der Waals surface area contributed by atoms with Crippen LogP contribution in [0.15, 0.2) is 83.4 Å². The van der Waals surface area contributed by atoms with Crippen molar-refractivity contribution in [2.24, 2.45) is 16.6 Å². The van der Waals surface area contributed by atoms with Gasteiger partial charge in [-0.2, -0.15) is 0 Å². The molecule has 3 aromatic carbocycles. The van der Waals surface area contributed by atoms with Crippen LogP contribution in [0.25, 0.3) is 5.70 Å². The van der Waals surface area contributed by atoms with Crippen LogP contribution in [0, 0.1) is 5.92 Å². The maximum Gasteiger partial charge on any atom is 0.320 e. The number of likely N-dealkylation sites (tertiary alicyclic amines) is 1. The van der Waals surface area contributed by atoms with Gasteiger partial charge in [-0.05, 0) is 91.8 Å². The summed E-state index contributed by atoms with van der Waals surface area (Å²) in [7, 11) is 0. The number of piperazine rings is 2. The summed E-state index contributed by atoms with van der Waals surface area (Å²) in [6, 6.07) is 21.4. The SMILES string of the molecule is N/C(=C(/C=O)C1=NCCC(C2CCN(C(=O)N3CCN(CCN4CCN(c5ccc6c(c5)C(=O)N(C5CCC(=O)NC5=O)C6=O)CC4)CC3)CC2)N1)c1ccc(Oc2ccccc2)cc1. The van der Waals surface area contributed by atoms with Crippen molar-refractivity contribution in [3.05, 3.63) is 95.1 Å². The summed E-state index contributed by atoms with van der Waals surface area (Å²) in [5.41, 5.74) is 9.41. The average Bonchev–Trinajstić information content (AvgIpc) is 3.59. The lowest BCUT2D eigenvalue weighted by atomic mass is 9.86. The third-order valence-electron chi connectivity index (χ3n) is 13.8. The fourth-order valence-electron chi connectivity index (χ4n) is 9.88. The minimum Gasteiger partial charge on any atom is -0.457 e. The average molecular weight is 885 g/mol. The van der Waals surface area contributed by atoms with Crippen molar-refractivity contribution in [2.75, 3.05) is 90.0 Å². The number of nitrogens with two attached hydrogens (primary N) is 1. The minimum atomic E-state index is -0.982. The second-order valence-corrected chi connectivity index (χ2v) is 17.6. The van der Waals surface area contributed by atoms with E-state index in [0.717, 1.165) is 94.2 Å². The van der Waals surface area contributed by atoms with Crippen LogP contribution in [0.3, 0.4) is 0 Å². The molecule has 2 atom stereocenters. The van der Waals surface area contributed by atoms with Gasteiger partial charge in [-0.25, -0.2) is 4.79 Å². The second kappa shape index (κ2) is 19.3. The van der Waals surface area contributed by atoms with Gasteiger partial charge in [0.05, 0.1) is 22.4 Å². The van der Waals surface area contributed by atoms with Crippen molar-refractivity contribution in [3.63, 3.8) is 0 Å². The summed E-state index contributed by atoms with van der Waals surface area (Å²) in [6.45, 7) is 10.1. The van der Waals surface area contributed by atoms with E-state index in [9.17, 15) is 28.8 Å². The highest BCUT2D eigenvalue weighted by atomic mass is 16.5. The minimum absolute atomic E-state index is 0.0848. The first-order chi connectivity index (χ1) is 31.6.